The molecule has 7 nitrogen and oxygen atoms in total. The zero-order chi connectivity index (χ0) is 16.5. The number of sulfonamides is 1. The predicted octanol–water partition coefficient (Wildman–Crippen LogP) is 1.89. The van der Waals surface area contributed by atoms with Crippen LogP contribution in [-0.2, 0) is 19.9 Å². The van der Waals surface area contributed by atoms with Crippen LogP contribution in [0.25, 0.3) is 0 Å². The van der Waals surface area contributed by atoms with Gasteiger partial charge in [-0.05, 0) is 38.1 Å². The fraction of sp³-hybridized carbons (Fsp3) is 0.308. The number of nitrogens with zero attached hydrogens (tertiary/aromatic N) is 1. The Morgan fingerprint density at radius 2 is 1.68 bits per heavy atom. The molecule has 0 unspecified atom stereocenters. The molecule has 22 heavy (non-hydrogen) atoms. The molecule has 1 aromatic heterocycles. The molecule has 0 saturated carbocycles. The van der Waals surface area contributed by atoms with Crippen LogP contribution in [0, 0.1) is 13.8 Å². The molecule has 1 heterocycles. The van der Waals surface area contributed by atoms with Crippen molar-refractivity contribution in [1.29, 1.82) is 0 Å². The number of anilines is 1. The molecule has 0 aliphatic rings. The quantitative estimate of drug-likeness (QED) is 0.887. The second-order valence-electron chi connectivity index (χ2n) is 4.69. The first-order valence-electron chi connectivity index (χ1n) is 6.46. The number of sulfone groups is 1. The summed E-state index contributed by atoms with van der Waals surface area (Å²) in [6.45, 7) is 4.58. The Kier molecular flexibility index (Phi) is 4.30. The van der Waals surface area contributed by atoms with Crippen molar-refractivity contribution in [2.45, 2.75) is 30.6 Å². The van der Waals surface area contributed by atoms with Gasteiger partial charge in [-0.2, -0.15) is 0 Å². The van der Waals surface area contributed by atoms with Crippen LogP contribution in [-0.4, -0.2) is 27.7 Å². The zero-order valence-electron chi connectivity index (χ0n) is 12.3. The highest BCUT2D eigenvalue weighted by atomic mass is 32.2. The van der Waals surface area contributed by atoms with Gasteiger partial charge in [0, 0.05) is 5.69 Å². The Morgan fingerprint density at radius 3 is 2.14 bits per heavy atom. The number of hydrogen-bond acceptors (Lipinski definition) is 6. The summed E-state index contributed by atoms with van der Waals surface area (Å²) in [6.07, 6.45) is 0. The van der Waals surface area contributed by atoms with Gasteiger partial charge in [0.2, 0.25) is 0 Å². The number of nitrogens with one attached hydrogen (secondary N) is 1. The molecular formula is C13H16N2O5S2. The van der Waals surface area contributed by atoms with Crippen molar-refractivity contribution in [2.24, 2.45) is 0 Å². The van der Waals surface area contributed by atoms with Crippen molar-refractivity contribution in [3.8, 4) is 0 Å². The molecule has 1 N–H and O–H groups in total. The summed E-state index contributed by atoms with van der Waals surface area (Å²) in [5.41, 5.74) is 0.519. The molecule has 2 aromatic rings. The molecule has 0 saturated heterocycles. The van der Waals surface area contributed by atoms with Gasteiger partial charge in [0.15, 0.2) is 20.5 Å². The van der Waals surface area contributed by atoms with E-state index in [0.29, 0.717) is 0 Å². The number of benzene rings is 1. The first kappa shape index (κ1) is 16.5. The first-order valence-corrected chi connectivity index (χ1v) is 9.59. The molecule has 0 atom stereocenters. The van der Waals surface area contributed by atoms with Gasteiger partial charge in [-0.25, -0.2) is 16.8 Å². The van der Waals surface area contributed by atoms with Crippen molar-refractivity contribution in [3.05, 3.63) is 35.7 Å². The lowest BCUT2D eigenvalue weighted by Gasteiger charge is -2.08. The standard InChI is InChI=1S/C13H16N2O5S2/c1-4-21(16,17)12-7-5-11(6-8-12)15-22(18,19)13-9(2)14-20-10(13)3/h5-8,15H,4H2,1-3H3. The second-order valence-corrected chi connectivity index (χ2v) is 8.58. The molecule has 0 aliphatic heterocycles. The van der Waals surface area contributed by atoms with Crippen LogP contribution in [0.5, 0.6) is 0 Å². The molecule has 0 fully saturated rings. The predicted molar refractivity (Wildman–Crippen MR) is 81.0 cm³/mol. The van der Waals surface area contributed by atoms with Crippen LogP contribution in [0.4, 0.5) is 5.69 Å². The molecule has 120 valence electrons. The average molecular weight is 344 g/mol. The maximum absolute atomic E-state index is 12.3. The van der Waals surface area contributed by atoms with Crippen LogP contribution in [0.15, 0.2) is 38.6 Å². The van der Waals surface area contributed by atoms with Crippen molar-refractivity contribution in [3.63, 3.8) is 0 Å². The number of rotatable bonds is 5. The van der Waals surface area contributed by atoms with E-state index in [-0.39, 0.29) is 32.7 Å². The van der Waals surface area contributed by atoms with E-state index in [4.69, 9.17) is 4.52 Å². The lowest BCUT2D eigenvalue weighted by molar-refractivity contribution is 0.390. The highest BCUT2D eigenvalue weighted by Crippen LogP contribution is 2.23. The third-order valence-electron chi connectivity index (χ3n) is 3.08. The molecular weight excluding hydrogens is 328 g/mol. The van der Waals surface area contributed by atoms with Crippen molar-refractivity contribution < 1.29 is 21.4 Å². The molecule has 0 bridgehead atoms. The van der Waals surface area contributed by atoms with Crippen LogP contribution in [0.1, 0.15) is 18.4 Å². The number of aryl methyl sites for hydroxylation is 2. The maximum Gasteiger partial charge on any atom is 0.267 e. The fourth-order valence-corrected chi connectivity index (χ4v) is 4.24. The first-order chi connectivity index (χ1) is 10.2. The molecule has 2 rings (SSSR count). The van der Waals surface area contributed by atoms with Gasteiger partial charge >= 0.3 is 0 Å². The van der Waals surface area contributed by atoms with E-state index in [9.17, 15) is 16.8 Å². The van der Waals surface area contributed by atoms with Crippen molar-refractivity contribution in [1.82, 2.24) is 5.16 Å². The third-order valence-corrected chi connectivity index (χ3v) is 6.46. The fourth-order valence-electron chi connectivity index (χ4n) is 1.96. The van der Waals surface area contributed by atoms with E-state index in [1.165, 1.54) is 38.1 Å². The Labute approximate surface area is 129 Å². The zero-order valence-corrected chi connectivity index (χ0v) is 14.0. The smallest absolute Gasteiger partial charge is 0.267 e. The minimum absolute atomic E-state index is 0.0160. The van der Waals surface area contributed by atoms with Gasteiger partial charge in [-0.15, -0.1) is 0 Å². The van der Waals surface area contributed by atoms with Gasteiger partial charge in [0.1, 0.15) is 5.69 Å². The molecule has 9 heteroatoms. The van der Waals surface area contributed by atoms with E-state index in [2.05, 4.69) is 9.88 Å². The normalized spacial score (nSPS) is 12.3. The van der Waals surface area contributed by atoms with Crippen LogP contribution < -0.4 is 4.72 Å². The third kappa shape index (κ3) is 3.14. The highest BCUT2D eigenvalue weighted by molar-refractivity contribution is 7.92. The second kappa shape index (κ2) is 5.73. The molecule has 0 spiro atoms. The van der Waals surface area contributed by atoms with Crippen molar-refractivity contribution >= 4 is 25.5 Å². The van der Waals surface area contributed by atoms with Crippen LogP contribution >= 0.6 is 0 Å². The van der Waals surface area contributed by atoms with E-state index >= 15 is 0 Å². The Bertz CT molecular complexity index is 862. The summed E-state index contributed by atoms with van der Waals surface area (Å²) >= 11 is 0. The SMILES string of the molecule is CCS(=O)(=O)c1ccc(NS(=O)(=O)c2c(C)noc2C)cc1. The van der Waals surface area contributed by atoms with Gasteiger partial charge in [-0.1, -0.05) is 12.1 Å². The van der Waals surface area contributed by atoms with E-state index in [1.54, 1.807) is 6.92 Å². The topological polar surface area (TPSA) is 106 Å². The van der Waals surface area contributed by atoms with Crippen molar-refractivity contribution in [2.75, 3.05) is 10.5 Å². The van der Waals surface area contributed by atoms with Gasteiger partial charge in [-0.3, -0.25) is 4.72 Å². The average Bonchev–Trinajstić information content (AvgIpc) is 2.79. The summed E-state index contributed by atoms with van der Waals surface area (Å²) in [6, 6.07) is 5.53. The van der Waals surface area contributed by atoms with Crippen LogP contribution in [0.2, 0.25) is 0 Å². The lowest BCUT2D eigenvalue weighted by atomic mass is 10.3. The summed E-state index contributed by atoms with van der Waals surface area (Å²) in [4.78, 5) is 0.132. The minimum atomic E-state index is -3.84. The van der Waals surface area contributed by atoms with E-state index in [0.717, 1.165) is 0 Å². The van der Waals surface area contributed by atoms with Gasteiger partial charge in [0.05, 0.1) is 10.6 Å². The Hall–Kier alpha value is -1.87. The minimum Gasteiger partial charge on any atom is -0.360 e. The summed E-state index contributed by atoms with van der Waals surface area (Å²) in [5, 5.41) is 3.61. The number of hydrogen-bond donors (Lipinski definition) is 1. The largest absolute Gasteiger partial charge is 0.360 e. The molecule has 0 aliphatic carbocycles. The number of aromatic nitrogens is 1. The Balaban J connectivity index is 2.32. The maximum atomic E-state index is 12.3. The summed E-state index contributed by atoms with van der Waals surface area (Å²) < 4.78 is 55.3. The molecule has 0 amide bonds. The summed E-state index contributed by atoms with van der Waals surface area (Å²) in [5.74, 6) is 0.173. The summed E-state index contributed by atoms with van der Waals surface area (Å²) in [7, 11) is -7.16. The lowest BCUT2D eigenvalue weighted by Crippen LogP contribution is -2.14. The molecule has 0 radical (unpaired) electrons. The highest BCUT2D eigenvalue weighted by Gasteiger charge is 2.24. The monoisotopic (exact) mass is 344 g/mol. The van der Waals surface area contributed by atoms with Gasteiger partial charge in [0.25, 0.3) is 10.0 Å². The Morgan fingerprint density at radius 1 is 1.09 bits per heavy atom. The van der Waals surface area contributed by atoms with Gasteiger partial charge < -0.3 is 4.52 Å². The molecule has 1 aromatic carbocycles. The van der Waals surface area contributed by atoms with E-state index in [1.807, 2.05) is 0 Å². The van der Waals surface area contributed by atoms with E-state index < -0.39 is 19.9 Å². The van der Waals surface area contributed by atoms with Crippen LogP contribution in [0.3, 0.4) is 0 Å².